The first kappa shape index (κ1) is 26.8. The van der Waals surface area contributed by atoms with Gasteiger partial charge in [0.1, 0.15) is 24.6 Å². The van der Waals surface area contributed by atoms with Crippen molar-refractivity contribution in [2.45, 2.75) is 11.9 Å². The molecule has 3 aromatic rings. The van der Waals surface area contributed by atoms with E-state index in [1.165, 1.54) is 32.4 Å². The Morgan fingerprint density at radius 2 is 1.55 bits per heavy atom. The first-order valence-electron chi connectivity index (χ1n) is 11.9. The Morgan fingerprint density at radius 3 is 2.21 bits per heavy atom. The zero-order valence-corrected chi connectivity index (χ0v) is 21.1. The van der Waals surface area contributed by atoms with Crippen molar-refractivity contribution in [2.24, 2.45) is 5.92 Å². The number of aliphatic hydroxyl groups is 1. The van der Waals surface area contributed by atoms with Crippen molar-refractivity contribution in [1.29, 1.82) is 0 Å². The van der Waals surface area contributed by atoms with Gasteiger partial charge in [0, 0.05) is 6.08 Å². The predicted molar refractivity (Wildman–Crippen MR) is 138 cm³/mol. The van der Waals surface area contributed by atoms with Gasteiger partial charge in [-0.05, 0) is 48.0 Å². The second-order valence-corrected chi connectivity index (χ2v) is 8.65. The van der Waals surface area contributed by atoms with E-state index in [4.69, 9.17) is 28.4 Å². The third kappa shape index (κ3) is 6.56. The van der Waals surface area contributed by atoms with Crippen LogP contribution in [0.2, 0.25) is 0 Å². The first-order valence-corrected chi connectivity index (χ1v) is 11.9. The summed E-state index contributed by atoms with van der Waals surface area (Å²) < 4.78 is 34.0. The molecule has 1 saturated heterocycles. The molecule has 0 saturated carbocycles. The summed E-state index contributed by atoms with van der Waals surface area (Å²) >= 11 is 0. The van der Waals surface area contributed by atoms with Crippen LogP contribution >= 0.6 is 0 Å². The number of phenols is 1. The van der Waals surface area contributed by atoms with Gasteiger partial charge in [-0.15, -0.1) is 0 Å². The van der Waals surface area contributed by atoms with E-state index in [2.05, 4.69) is 0 Å². The topological polar surface area (TPSA) is 113 Å². The van der Waals surface area contributed by atoms with Gasteiger partial charge >= 0.3 is 5.97 Å². The average molecular weight is 523 g/mol. The molecule has 1 aliphatic rings. The zero-order chi connectivity index (χ0) is 27.0. The van der Waals surface area contributed by atoms with Gasteiger partial charge in [-0.2, -0.15) is 0 Å². The highest BCUT2D eigenvalue weighted by Gasteiger charge is 2.52. The zero-order valence-electron chi connectivity index (χ0n) is 21.1. The summed E-state index contributed by atoms with van der Waals surface area (Å²) in [6.07, 6.45) is 1.88. The van der Waals surface area contributed by atoms with E-state index in [1.54, 1.807) is 60.7 Å². The molecule has 0 unspecified atom stereocenters. The second kappa shape index (κ2) is 12.4. The molecular weight excluding hydrogens is 492 g/mol. The minimum Gasteiger partial charge on any atom is -0.508 e. The molecule has 200 valence electrons. The van der Waals surface area contributed by atoms with Crippen LogP contribution in [0.5, 0.6) is 28.7 Å². The number of carbonyl (C=O) groups is 1. The molecule has 1 aliphatic heterocycles. The molecule has 0 bridgehead atoms. The van der Waals surface area contributed by atoms with E-state index >= 15 is 0 Å². The Balaban J connectivity index is 1.49. The van der Waals surface area contributed by atoms with Crippen molar-refractivity contribution in [1.82, 2.24) is 0 Å². The summed E-state index contributed by atoms with van der Waals surface area (Å²) in [6, 6.07) is 20.5. The van der Waals surface area contributed by atoms with Crippen molar-refractivity contribution in [3.8, 4) is 28.7 Å². The van der Waals surface area contributed by atoms with Crippen LogP contribution < -0.4 is 18.9 Å². The number of hydrogen-bond acceptors (Lipinski definition) is 9. The molecule has 0 spiro atoms. The molecule has 9 heteroatoms. The third-order valence-corrected chi connectivity index (χ3v) is 6.09. The molecule has 1 fully saturated rings. The molecule has 4 rings (SSSR count). The first-order chi connectivity index (χ1) is 18.4. The molecule has 2 N–H and O–H groups in total. The quantitative estimate of drug-likeness (QED) is 0.287. The van der Waals surface area contributed by atoms with Crippen LogP contribution in [-0.2, 0) is 14.3 Å². The lowest BCUT2D eigenvalue weighted by molar-refractivity contribution is -0.146. The Morgan fingerprint density at radius 1 is 0.947 bits per heavy atom. The normalized spacial score (nSPS) is 20.7. The van der Waals surface area contributed by atoms with E-state index in [1.807, 2.05) is 6.07 Å². The van der Waals surface area contributed by atoms with Crippen molar-refractivity contribution >= 4 is 12.0 Å². The molecule has 9 nitrogen and oxygen atoms in total. The summed E-state index contributed by atoms with van der Waals surface area (Å²) in [7, 11) is 3.05. The smallest absolute Gasteiger partial charge is 0.330 e. The number of para-hydroxylation sites is 4. The van der Waals surface area contributed by atoms with Crippen molar-refractivity contribution in [3.63, 3.8) is 0 Å². The van der Waals surface area contributed by atoms with E-state index in [0.29, 0.717) is 28.6 Å². The van der Waals surface area contributed by atoms with E-state index in [0.717, 1.165) is 0 Å². The summed E-state index contributed by atoms with van der Waals surface area (Å²) in [6.45, 7) is -0.484. The highest BCUT2D eigenvalue weighted by atomic mass is 16.7. The van der Waals surface area contributed by atoms with Crippen LogP contribution in [0.25, 0.3) is 6.08 Å². The Bertz CT molecular complexity index is 1240. The SMILES string of the molecule is COc1ccccc1OC[C@@]1(O)CO[C@@H](Oc2ccccc2OC)[C@H]1COC(=O)C=Cc1ccc(O)cc1. The largest absolute Gasteiger partial charge is 0.508 e. The fourth-order valence-corrected chi connectivity index (χ4v) is 3.95. The summed E-state index contributed by atoms with van der Waals surface area (Å²) in [5.41, 5.74) is -0.836. The van der Waals surface area contributed by atoms with Crippen LogP contribution in [0.15, 0.2) is 78.9 Å². The molecule has 3 atom stereocenters. The van der Waals surface area contributed by atoms with Crippen LogP contribution in [0.4, 0.5) is 0 Å². The molecule has 0 aromatic heterocycles. The van der Waals surface area contributed by atoms with Crippen LogP contribution in [0, 0.1) is 5.92 Å². The number of methoxy groups -OCH3 is 2. The lowest BCUT2D eigenvalue weighted by Gasteiger charge is -2.30. The number of ether oxygens (including phenoxy) is 6. The van der Waals surface area contributed by atoms with Crippen LogP contribution in [0.1, 0.15) is 5.56 Å². The lowest BCUT2D eigenvalue weighted by Crippen LogP contribution is -2.48. The molecule has 3 aromatic carbocycles. The minimum absolute atomic E-state index is 0.118. The number of hydrogen-bond donors (Lipinski definition) is 2. The van der Waals surface area contributed by atoms with Crippen molar-refractivity contribution in [2.75, 3.05) is 34.0 Å². The third-order valence-electron chi connectivity index (χ3n) is 6.09. The summed E-state index contributed by atoms with van der Waals surface area (Å²) in [5, 5.41) is 21.0. The standard InChI is InChI=1S/C29H30O9/c1-33-23-7-3-5-9-25(23)36-18-29(32)19-37-28(38-26-10-6-4-8-24(26)34-2)22(29)17-35-27(31)16-13-20-11-14-21(30)15-12-20/h3-16,22,28,30,32H,17-19H2,1-2H3/t22-,28+,29-/m1/s1. The van der Waals surface area contributed by atoms with Gasteiger partial charge in [0.15, 0.2) is 23.0 Å². The number of aromatic hydroxyl groups is 1. The highest BCUT2D eigenvalue weighted by molar-refractivity contribution is 5.87. The second-order valence-electron chi connectivity index (χ2n) is 8.65. The maximum atomic E-state index is 12.5. The van der Waals surface area contributed by atoms with Crippen molar-refractivity contribution < 1.29 is 43.4 Å². The average Bonchev–Trinajstić information content (AvgIpc) is 3.25. The van der Waals surface area contributed by atoms with Crippen molar-refractivity contribution in [3.05, 3.63) is 84.4 Å². The molecule has 0 aliphatic carbocycles. The number of benzene rings is 3. The fourth-order valence-electron chi connectivity index (χ4n) is 3.95. The van der Waals surface area contributed by atoms with Gasteiger partial charge in [-0.1, -0.05) is 36.4 Å². The molecule has 38 heavy (non-hydrogen) atoms. The lowest BCUT2D eigenvalue weighted by atomic mass is 9.91. The van der Waals surface area contributed by atoms with Gasteiger partial charge in [-0.25, -0.2) is 4.79 Å². The number of phenolic OH excluding ortho intramolecular Hbond substituents is 1. The maximum absolute atomic E-state index is 12.5. The molecule has 0 amide bonds. The Kier molecular flexibility index (Phi) is 8.73. The highest BCUT2D eigenvalue weighted by Crippen LogP contribution is 2.37. The Labute approximate surface area is 220 Å². The fraction of sp³-hybridized carbons (Fsp3) is 0.276. The monoisotopic (exact) mass is 522 g/mol. The van der Waals surface area contributed by atoms with E-state index in [9.17, 15) is 15.0 Å². The number of carbonyl (C=O) groups excluding carboxylic acids is 1. The van der Waals surface area contributed by atoms with Gasteiger partial charge in [0.25, 0.3) is 0 Å². The van der Waals surface area contributed by atoms with E-state index in [-0.39, 0.29) is 25.6 Å². The van der Waals surface area contributed by atoms with Crippen LogP contribution in [0.3, 0.4) is 0 Å². The van der Waals surface area contributed by atoms with Gasteiger partial charge < -0.3 is 38.6 Å². The maximum Gasteiger partial charge on any atom is 0.330 e. The molecular formula is C29H30O9. The summed E-state index contributed by atoms with van der Waals surface area (Å²) in [4.78, 5) is 12.5. The minimum atomic E-state index is -1.55. The number of rotatable bonds is 11. The Hall–Kier alpha value is -4.21. The summed E-state index contributed by atoms with van der Waals surface area (Å²) in [5.74, 6) is 0.580. The number of esters is 1. The molecule has 0 radical (unpaired) electrons. The van der Waals surface area contributed by atoms with Gasteiger partial charge in [0.05, 0.1) is 26.7 Å². The van der Waals surface area contributed by atoms with E-state index < -0.39 is 23.8 Å². The molecule has 1 heterocycles. The van der Waals surface area contributed by atoms with Gasteiger partial charge in [0.2, 0.25) is 6.29 Å². The predicted octanol–water partition coefficient (Wildman–Crippen LogP) is 3.83. The van der Waals surface area contributed by atoms with Crippen LogP contribution in [-0.4, -0.2) is 62.1 Å². The van der Waals surface area contributed by atoms with Gasteiger partial charge in [-0.3, -0.25) is 0 Å².